The Morgan fingerprint density at radius 1 is 1.50 bits per heavy atom. The number of nitrogens with zero attached hydrogens (tertiary/aromatic N) is 1. The minimum Gasteiger partial charge on any atom is -0.329 e. The molecule has 2 nitrogen and oxygen atoms in total. The van der Waals surface area contributed by atoms with Crippen molar-refractivity contribution in [3.63, 3.8) is 0 Å². The normalized spacial score (nSPS) is 21.5. The quantitative estimate of drug-likeness (QED) is 0.912. The Morgan fingerprint density at radius 3 is 2.83 bits per heavy atom. The molecule has 100 valence electrons. The first-order chi connectivity index (χ1) is 8.63. The van der Waals surface area contributed by atoms with Crippen LogP contribution in [-0.2, 0) is 0 Å². The molecule has 2 N–H and O–H groups in total. The van der Waals surface area contributed by atoms with Gasteiger partial charge in [-0.25, -0.2) is 8.78 Å². The number of halogens is 2. The van der Waals surface area contributed by atoms with E-state index in [9.17, 15) is 8.78 Å². The van der Waals surface area contributed by atoms with E-state index in [2.05, 4.69) is 4.90 Å². The number of benzene rings is 1. The van der Waals surface area contributed by atoms with E-state index in [1.165, 1.54) is 12.1 Å². The summed E-state index contributed by atoms with van der Waals surface area (Å²) in [5.74, 6) is 1.13. The first-order valence-corrected chi connectivity index (χ1v) is 7.23. The summed E-state index contributed by atoms with van der Waals surface area (Å²) in [5.41, 5.74) is 6.26. The van der Waals surface area contributed by atoms with Crippen molar-refractivity contribution in [1.29, 1.82) is 0 Å². The summed E-state index contributed by atoms with van der Waals surface area (Å²) in [6, 6.07) is 3.95. The van der Waals surface area contributed by atoms with Gasteiger partial charge in [-0.3, -0.25) is 4.90 Å². The molecule has 1 fully saturated rings. The molecule has 1 aliphatic heterocycles. The van der Waals surface area contributed by atoms with E-state index in [0.29, 0.717) is 18.2 Å². The summed E-state index contributed by atoms with van der Waals surface area (Å²) in [7, 11) is 1.97. The van der Waals surface area contributed by atoms with Gasteiger partial charge in [0, 0.05) is 36.0 Å². The van der Waals surface area contributed by atoms with E-state index in [4.69, 9.17) is 5.73 Å². The average molecular weight is 272 g/mol. The maximum atomic E-state index is 13.8. The minimum absolute atomic E-state index is 0.186. The lowest BCUT2D eigenvalue weighted by molar-refractivity contribution is 0.189. The molecule has 0 radical (unpaired) electrons. The summed E-state index contributed by atoms with van der Waals surface area (Å²) < 4.78 is 26.7. The maximum Gasteiger partial charge on any atom is 0.130 e. The lowest BCUT2D eigenvalue weighted by Crippen LogP contribution is -2.39. The number of rotatable bonds is 4. The van der Waals surface area contributed by atoms with Gasteiger partial charge in [0.1, 0.15) is 11.6 Å². The zero-order valence-corrected chi connectivity index (χ0v) is 11.2. The van der Waals surface area contributed by atoms with Gasteiger partial charge < -0.3 is 5.73 Å². The fourth-order valence-corrected chi connectivity index (χ4v) is 3.66. The van der Waals surface area contributed by atoms with Crippen LogP contribution in [-0.4, -0.2) is 36.0 Å². The first kappa shape index (κ1) is 13.8. The Kier molecular flexibility index (Phi) is 4.59. The van der Waals surface area contributed by atoms with Crippen LogP contribution in [0.4, 0.5) is 8.78 Å². The van der Waals surface area contributed by atoms with E-state index in [1.807, 2.05) is 18.8 Å². The molecular weight excluding hydrogens is 254 g/mol. The van der Waals surface area contributed by atoms with Crippen LogP contribution in [0.5, 0.6) is 0 Å². The van der Waals surface area contributed by atoms with Crippen molar-refractivity contribution in [2.45, 2.75) is 18.5 Å². The predicted octanol–water partition coefficient (Wildman–Crippen LogP) is 2.40. The van der Waals surface area contributed by atoms with Crippen molar-refractivity contribution in [2.24, 2.45) is 5.73 Å². The van der Waals surface area contributed by atoms with Crippen LogP contribution < -0.4 is 5.73 Å². The van der Waals surface area contributed by atoms with Crippen LogP contribution in [0.25, 0.3) is 0 Å². The second kappa shape index (κ2) is 5.99. The zero-order chi connectivity index (χ0) is 13.1. The highest BCUT2D eigenvalue weighted by Gasteiger charge is 2.27. The van der Waals surface area contributed by atoms with Crippen LogP contribution in [0, 0.1) is 11.6 Å². The van der Waals surface area contributed by atoms with Gasteiger partial charge in [0.25, 0.3) is 0 Å². The lowest BCUT2D eigenvalue weighted by Gasteiger charge is -2.32. The summed E-state index contributed by atoms with van der Waals surface area (Å²) in [6.45, 7) is 0.334. The second-order valence-corrected chi connectivity index (χ2v) is 5.75. The Balaban J connectivity index is 2.21. The van der Waals surface area contributed by atoms with Crippen LogP contribution >= 0.6 is 11.8 Å². The van der Waals surface area contributed by atoms with Gasteiger partial charge in [-0.2, -0.15) is 11.8 Å². The summed E-state index contributed by atoms with van der Waals surface area (Å²) in [4.78, 5) is 2.12. The molecule has 1 heterocycles. The third-order valence-electron chi connectivity index (χ3n) is 3.52. The van der Waals surface area contributed by atoms with Crippen molar-refractivity contribution in [1.82, 2.24) is 4.90 Å². The van der Waals surface area contributed by atoms with Crippen molar-refractivity contribution >= 4 is 11.8 Å². The second-order valence-electron chi connectivity index (χ2n) is 4.60. The molecular formula is C13H18F2N2S. The molecule has 1 saturated heterocycles. The monoisotopic (exact) mass is 272 g/mol. The van der Waals surface area contributed by atoms with E-state index in [1.54, 1.807) is 0 Å². The lowest BCUT2D eigenvalue weighted by atomic mass is 10.0. The molecule has 0 saturated carbocycles. The van der Waals surface area contributed by atoms with Crippen molar-refractivity contribution in [3.8, 4) is 0 Å². The standard InChI is InChI=1S/C13H18F2N2S/c1-17(10-4-5-18-8-10)13(7-16)11-3-2-9(14)6-12(11)15/h2-3,6,10,13H,4-5,7-8,16H2,1H3. The molecule has 0 bridgehead atoms. The van der Waals surface area contributed by atoms with Gasteiger partial charge in [-0.1, -0.05) is 6.07 Å². The Bertz CT molecular complexity index is 408. The molecule has 2 atom stereocenters. The summed E-state index contributed by atoms with van der Waals surface area (Å²) >= 11 is 1.90. The topological polar surface area (TPSA) is 29.3 Å². The van der Waals surface area contributed by atoms with E-state index < -0.39 is 11.6 Å². The minimum atomic E-state index is -0.550. The van der Waals surface area contributed by atoms with Gasteiger partial charge in [-0.05, 0) is 25.3 Å². The SMILES string of the molecule is CN(C1CCSC1)C(CN)c1ccc(F)cc1F. The number of hydrogen-bond acceptors (Lipinski definition) is 3. The molecule has 1 aromatic carbocycles. The van der Waals surface area contributed by atoms with Crippen LogP contribution in [0.3, 0.4) is 0 Å². The Hall–Kier alpha value is -0.650. The van der Waals surface area contributed by atoms with Crippen LogP contribution in [0.15, 0.2) is 18.2 Å². The molecule has 2 rings (SSSR count). The van der Waals surface area contributed by atoms with Gasteiger partial charge in [-0.15, -0.1) is 0 Å². The van der Waals surface area contributed by atoms with Crippen molar-refractivity contribution in [2.75, 3.05) is 25.1 Å². The van der Waals surface area contributed by atoms with E-state index >= 15 is 0 Å². The van der Waals surface area contributed by atoms with Gasteiger partial charge >= 0.3 is 0 Å². The third kappa shape index (κ3) is 2.84. The van der Waals surface area contributed by atoms with Crippen LogP contribution in [0.1, 0.15) is 18.0 Å². The highest BCUT2D eigenvalue weighted by molar-refractivity contribution is 7.99. The van der Waals surface area contributed by atoms with Gasteiger partial charge in [0.2, 0.25) is 0 Å². The van der Waals surface area contributed by atoms with E-state index in [0.717, 1.165) is 24.0 Å². The molecule has 2 unspecified atom stereocenters. The zero-order valence-electron chi connectivity index (χ0n) is 10.4. The molecule has 0 amide bonds. The molecule has 0 aromatic heterocycles. The fourth-order valence-electron chi connectivity index (χ4n) is 2.38. The van der Waals surface area contributed by atoms with Gasteiger partial charge in [0.05, 0.1) is 0 Å². The van der Waals surface area contributed by atoms with Crippen molar-refractivity contribution < 1.29 is 8.78 Å². The third-order valence-corrected chi connectivity index (χ3v) is 4.66. The molecule has 0 spiro atoms. The number of hydrogen-bond donors (Lipinski definition) is 1. The summed E-state index contributed by atoms with van der Waals surface area (Å²) in [5, 5.41) is 0. The number of thioether (sulfide) groups is 1. The Labute approximate surface area is 111 Å². The van der Waals surface area contributed by atoms with Crippen molar-refractivity contribution in [3.05, 3.63) is 35.4 Å². The van der Waals surface area contributed by atoms with Gasteiger partial charge in [0.15, 0.2) is 0 Å². The van der Waals surface area contributed by atoms with Crippen LogP contribution in [0.2, 0.25) is 0 Å². The Morgan fingerprint density at radius 2 is 2.28 bits per heavy atom. The smallest absolute Gasteiger partial charge is 0.130 e. The molecule has 0 aliphatic carbocycles. The molecule has 1 aliphatic rings. The molecule has 1 aromatic rings. The highest BCUT2D eigenvalue weighted by Crippen LogP contribution is 2.29. The first-order valence-electron chi connectivity index (χ1n) is 6.08. The number of nitrogens with two attached hydrogens (primary N) is 1. The molecule has 5 heteroatoms. The fraction of sp³-hybridized carbons (Fsp3) is 0.538. The van der Waals surface area contributed by atoms with E-state index in [-0.39, 0.29) is 6.04 Å². The molecule has 18 heavy (non-hydrogen) atoms. The highest BCUT2D eigenvalue weighted by atomic mass is 32.2. The maximum absolute atomic E-state index is 13.8. The summed E-state index contributed by atoms with van der Waals surface area (Å²) in [6.07, 6.45) is 1.10. The predicted molar refractivity (Wildman–Crippen MR) is 71.6 cm³/mol. The average Bonchev–Trinajstić information content (AvgIpc) is 2.86. The number of likely N-dealkylation sites (N-methyl/N-ethyl adjacent to an activating group) is 1. The largest absolute Gasteiger partial charge is 0.329 e.